The third-order valence-corrected chi connectivity index (χ3v) is 6.54. The summed E-state index contributed by atoms with van der Waals surface area (Å²) in [6.07, 6.45) is 1.95. The second kappa shape index (κ2) is 15.1. The molecule has 0 unspecified atom stereocenters. The van der Waals surface area contributed by atoms with Crippen LogP contribution in [-0.4, -0.2) is 37.8 Å². The Balaban J connectivity index is 1.60. The molecule has 2 amide bonds. The summed E-state index contributed by atoms with van der Waals surface area (Å²) in [6.45, 7) is 8.09. The maximum absolute atomic E-state index is 12.9. The van der Waals surface area contributed by atoms with Crippen LogP contribution >= 0.6 is 15.9 Å². The number of hydrogen-bond acceptors (Lipinski definition) is 6. The third-order valence-electron chi connectivity index (χ3n) is 5.96. The molecule has 0 aromatic heterocycles. The summed E-state index contributed by atoms with van der Waals surface area (Å²) in [7, 11) is 1.56. The van der Waals surface area contributed by atoms with E-state index in [0.29, 0.717) is 40.3 Å². The van der Waals surface area contributed by atoms with Gasteiger partial charge in [-0.1, -0.05) is 61.9 Å². The van der Waals surface area contributed by atoms with E-state index < -0.39 is 11.9 Å². The van der Waals surface area contributed by atoms with Crippen LogP contribution in [-0.2, 0) is 16.2 Å². The van der Waals surface area contributed by atoms with Crippen LogP contribution in [0.1, 0.15) is 42.5 Å². The molecule has 9 heteroatoms. The Hall–Kier alpha value is -3.85. The van der Waals surface area contributed by atoms with Gasteiger partial charge in [0.15, 0.2) is 18.1 Å². The highest BCUT2D eigenvalue weighted by Crippen LogP contribution is 2.36. The average Bonchev–Trinajstić information content (AvgIpc) is 2.92. The largest absolute Gasteiger partial charge is 0.493 e. The van der Waals surface area contributed by atoms with Crippen LogP contribution in [0.3, 0.4) is 0 Å². The minimum absolute atomic E-state index is 0.171. The number of hydrazone groups is 1. The number of nitrogens with zero attached hydrogens (tertiary/aromatic N) is 1. The molecule has 1 atom stereocenters. The molecule has 40 heavy (non-hydrogen) atoms. The van der Waals surface area contributed by atoms with E-state index in [0.717, 1.165) is 11.1 Å². The lowest BCUT2D eigenvalue weighted by molar-refractivity contribution is -0.130. The van der Waals surface area contributed by atoms with Crippen molar-refractivity contribution in [3.05, 3.63) is 87.4 Å². The van der Waals surface area contributed by atoms with Gasteiger partial charge in [-0.2, -0.15) is 5.10 Å². The zero-order valence-electron chi connectivity index (χ0n) is 23.5. The lowest BCUT2D eigenvalue weighted by Gasteiger charge is -2.19. The number of amides is 2. The van der Waals surface area contributed by atoms with Crippen molar-refractivity contribution in [3.8, 4) is 17.2 Å². The van der Waals surface area contributed by atoms with Gasteiger partial charge in [-0.15, -0.1) is 0 Å². The number of hydrogen-bond donors (Lipinski definition) is 2. The Bertz CT molecular complexity index is 1330. The number of methoxy groups -OCH3 is 1. The van der Waals surface area contributed by atoms with Gasteiger partial charge < -0.3 is 19.5 Å². The van der Waals surface area contributed by atoms with Crippen LogP contribution in [0.15, 0.2) is 70.2 Å². The molecular weight excluding hydrogens is 574 g/mol. The third kappa shape index (κ3) is 9.41. The monoisotopic (exact) mass is 609 g/mol. The van der Waals surface area contributed by atoms with E-state index in [9.17, 15) is 9.59 Å². The van der Waals surface area contributed by atoms with Crippen LogP contribution < -0.4 is 25.0 Å². The molecule has 0 fully saturated rings. The van der Waals surface area contributed by atoms with Gasteiger partial charge in [0.25, 0.3) is 11.8 Å². The summed E-state index contributed by atoms with van der Waals surface area (Å²) in [4.78, 5) is 25.4. The second-order valence-electron chi connectivity index (χ2n) is 9.85. The van der Waals surface area contributed by atoms with E-state index in [-0.39, 0.29) is 18.4 Å². The molecule has 3 rings (SSSR count). The van der Waals surface area contributed by atoms with Gasteiger partial charge >= 0.3 is 0 Å². The van der Waals surface area contributed by atoms with Crippen molar-refractivity contribution in [2.24, 2.45) is 11.0 Å². The maximum Gasteiger partial charge on any atom is 0.262 e. The van der Waals surface area contributed by atoms with Crippen molar-refractivity contribution >= 4 is 34.0 Å². The smallest absolute Gasteiger partial charge is 0.262 e. The topological polar surface area (TPSA) is 98.2 Å². The summed E-state index contributed by atoms with van der Waals surface area (Å²) >= 11 is 3.54. The van der Waals surface area contributed by atoms with Gasteiger partial charge in [-0.3, -0.25) is 9.59 Å². The summed E-state index contributed by atoms with van der Waals surface area (Å²) in [5, 5.41) is 6.86. The van der Waals surface area contributed by atoms with Crippen molar-refractivity contribution in [2.75, 3.05) is 13.7 Å². The van der Waals surface area contributed by atoms with Crippen molar-refractivity contribution in [1.82, 2.24) is 10.7 Å². The predicted octanol–water partition coefficient (Wildman–Crippen LogP) is 5.71. The fraction of sp³-hybridized carbons (Fsp3) is 0.323. The van der Waals surface area contributed by atoms with Gasteiger partial charge in [0.2, 0.25) is 0 Å². The molecule has 2 N–H and O–H groups in total. The SMILES string of the molecule is COc1cc(/C=N\NC(=O)[C@@H](CC(C)C)NC(=O)COc2ccccc2C)cc(Br)c1OCc1ccc(C)cc1. The van der Waals surface area contributed by atoms with Gasteiger partial charge in [0.05, 0.1) is 17.8 Å². The first-order valence-corrected chi connectivity index (χ1v) is 13.8. The van der Waals surface area contributed by atoms with Gasteiger partial charge in [0, 0.05) is 0 Å². The van der Waals surface area contributed by atoms with E-state index >= 15 is 0 Å². The number of carbonyl (C=O) groups excluding carboxylic acids is 2. The Morgan fingerprint density at radius 3 is 2.40 bits per heavy atom. The predicted molar refractivity (Wildman–Crippen MR) is 160 cm³/mol. The van der Waals surface area contributed by atoms with Crippen LogP contribution in [0.25, 0.3) is 0 Å². The van der Waals surface area contributed by atoms with E-state index in [1.807, 2.05) is 76.2 Å². The fourth-order valence-electron chi connectivity index (χ4n) is 3.84. The molecule has 0 aliphatic carbocycles. The number of para-hydroxylation sites is 1. The number of halogens is 1. The van der Waals surface area contributed by atoms with Crippen molar-refractivity contribution < 1.29 is 23.8 Å². The minimum Gasteiger partial charge on any atom is -0.493 e. The van der Waals surface area contributed by atoms with Gasteiger partial charge in [-0.05, 0) is 77.0 Å². The van der Waals surface area contributed by atoms with Crippen molar-refractivity contribution in [1.29, 1.82) is 0 Å². The van der Waals surface area contributed by atoms with Crippen LogP contribution in [0.2, 0.25) is 0 Å². The number of rotatable bonds is 13. The highest BCUT2D eigenvalue weighted by atomic mass is 79.9. The number of carbonyl (C=O) groups is 2. The normalized spacial score (nSPS) is 11.8. The molecule has 0 bridgehead atoms. The minimum atomic E-state index is -0.760. The van der Waals surface area contributed by atoms with Crippen LogP contribution in [0.4, 0.5) is 0 Å². The first-order valence-electron chi connectivity index (χ1n) is 13.0. The summed E-state index contributed by atoms with van der Waals surface area (Å²) in [5.74, 6) is 1.08. The van der Waals surface area contributed by atoms with Crippen molar-refractivity contribution in [3.63, 3.8) is 0 Å². The lowest BCUT2D eigenvalue weighted by atomic mass is 10.0. The fourth-order valence-corrected chi connectivity index (χ4v) is 4.42. The molecule has 8 nitrogen and oxygen atoms in total. The molecule has 3 aromatic carbocycles. The molecular formula is C31H36BrN3O5. The number of nitrogens with one attached hydrogen (secondary N) is 2. The van der Waals surface area contributed by atoms with E-state index in [2.05, 4.69) is 31.8 Å². The Morgan fingerprint density at radius 2 is 1.73 bits per heavy atom. The van der Waals surface area contributed by atoms with Gasteiger partial charge in [-0.25, -0.2) is 5.43 Å². The first kappa shape index (κ1) is 30.7. The zero-order chi connectivity index (χ0) is 29.1. The highest BCUT2D eigenvalue weighted by molar-refractivity contribution is 9.10. The lowest BCUT2D eigenvalue weighted by Crippen LogP contribution is -2.47. The van der Waals surface area contributed by atoms with Gasteiger partial charge in [0.1, 0.15) is 18.4 Å². The molecule has 0 aliphatic rings. The van der Waals surface area contributed by atoms with E-state index in [1.54, 1.807) is 19.2 Å². The summed E-state index contributed by atoms with van der Waals surface area (Å²) < 4.78 is 17.8. The number of aryl methyl sites for hydroxylation is 2. The molecule has 0 heterocycles. The Labute approximate surface area is 244 Å². The Kier molecular flexibility index (Phi) is 11.6. The van der Waals surface area contributed by atoms with Crippen LogP contribution in [0, 0.1) is 19.8 Å². The zero-order valence-corrected chi connectivity index (χ0v) is 25.1. The molecule has 0 radical (unpaired) electrons. The van der Waals surface area contributed by atoms with E-state index in [1.165, 1.54) is 11.8 Å². The highest BCUT2D eigenvalue weighted by Gasteiger charge is 2.22. The summed E-state index contributed by atoms with van der Waals surface area (Å²) in [5.41, 5.74) is 6.37. The number of ether oxygens (including phenoxy) is 3. The standard InChI is InChI=1S/C31H36BrN3O5/c1-20(2)14-26(34-29(36)19-39-27-9-7-6-8-22(27)4)31(37)35-33-17-24-15-25(32)30(28(16-24)38-5)40-18-23-12-10-21(3)11-13-23/h6-13,15-17,20,26H,14,18-19H2,1-5H3,(H,34,36)(H,35,37)/b33-17-/t26-/m1/s1. The second-order valence-corrected chi connectivity index (χ2v) is 10.7. The summed E-state index contributed by atoms with van der Waals surface area (Å²) in [6, 6.07) is 18.4. The number of benzene rings is 3. The average molecular weight is 611 g/mol. The van der Waals surface area contributed by atoms with Crippen LogP contribution in [0.5, 0.6) is 17.2 Å². The first-order chi connectivity index (χ1) is 19.2. The molecule has 3 aromatic rings. The maximum atomic E-state index is 12.9. The molecule has 0 saturated carbocycles. The molecule has 0 saturated heterocycles. The molecule has 0 aliphatic heterocycles. The molecule has 212 valence electrons. The van der Waals surface area contributed by atoms with Crippen molar-refractivity contribution in [2.45, 2.75) is 46.8 Å². The molecule has 0 spiro atoms. The Morgan fingerprint density at radius 1 is 1.00 bits per heavy atom. The quantitative estimate of drug-likeness (QED) is 0.191. The van der Waals surface area contributed by atoms with E-state index in [4.69, 9.17) is 14.2 Å².